The molecule has 23 heavy (non-hydrogen) atoms. The normalized spacial score (nSPS) is 13.2. The fourth-order valence-corrected chi connectivity index (χ4v) is 2.63. The SMILES string of the molecule is CN[C@@H](C(=O)c1ccc(Br)cc1)[C@H](OC(C)=O)c1ccccc1. The van der Waals surface area contributed by atoms with Crippen molar-refractivity contribution in [3.05, 3.63) is 70.2 Å². The fraction of sp³-hybridized carbons (Fsp3) is 0.222. The zero-order valence-corrected chi connectivity index (χ0v) is 14.5. The Morgan fingerprint density at radius 1 is 1.04 bits per heavy atom. The highest BCUT2D eigenvalue weighted by Gasteiger charge is 2.31. The lowest BCUT2D eigenvalue weighted by Crippen LogP contribution is -2.41. The van der Waals surface area contributed by atoms with Crippen LogP contribution in [0.15, 0.2) is 59.1 Å². The lowest BCUT2D eigenvalue weighted by molar-refractivity contribution is -0.147. The van der Waals surface area contributed by atoms with Gasteiger partial charge in [-0.25, -0.2) is 0 Å². The fourth-order valence-electron chi connectivity index (χ4n) is 2.36. The first kappa shape index (κ1) is 17.4. The minimum atomic E-state index is -0.685. The molecule has 2 aromatic carbocycles. The summed E-state index contributed by atoms with van der Waals surface area (Å²) >= 11 is 3.35. The van der Waals surface area contributed by atoms with Crippen LogP contribution in [0.1, 0.15) is 28.9 Å². The van der Waals surface area contributed by atoms with Gasteiger partial charge in [-0.15, -0.1) is 0 Å². The van der Waals surface area contributed by atoms with Crippen LogP contribution in [-0.4, -0.2) is 24.8 Å². The van der Waals surface area contributed by atoms with Crippen molar-refractivity contribution >= 4 is 27.7 Å². The molecule has 0 fully saturated rings. The van der Waals surface area contributed by atoms with Crippen molar-refractivity contribution in [2.45, 2.75) is 19.1 Å². The molecule has 4 nitrogen and oxygen atoms in total. The van der Waals surface area contributed by atoms with Crippen LogP contribution in [0.3, 0.4) is 0 Å². The number of carbonyl (C=O) groups is 2. The summed E-state index contributed by atoms with van der Waals surface area (Å²) in [5.74, 6) is -0.558. The average molecular weight is 376 g/mol. The minimum Gasteiger partial charge on any atom is -0.455 e. The quantitative estimate of drug-likeness (QED) is 0.619. The second-order valence-corrected chi connectivity index (χ2v) is 5.99. The van der Waals surface area contributed by atoms with Gasteiger partial charge in [-0.05, 0) is 24.7 Å². The maximum absolute atomic E-state index is 12.8. The maximum atomic E-state index is 12.8. The smallest absolute Gasteiger partial charge is 0.303 e. The molecule has 0 aliphatic rings. The molecule has 0 radical (unpaired) electrons. The van der Waals surface area contributed by atoms with Gasteiger partial charge in [0.05, 0.1) is 0 Å². The van der Waals surface area contributed by atoms with Crippen LogP contribution in [0.5, 0.6) is 0 Å². The van der Waals surface area contributed by atoms with Gasteiger partial charge in [-0.3, -0.25) is 9.59 Å². The van der Waals surface area contributed by atoms with Crippen molar-refractivity contribution in [1.82, 2.24) is 5.32 Å². The highest BCUT2D eigenvalue weighted by Crippen LogP contribution is 2.24. The summed E-state index contributed by atoms with van der Waals surface area (Å²) in [6.07, 6.45) is -0.685. The van der Waals surface area contributed by atoms with E-state index in [9.17, 15) is 9.59 Å². The molecule has 0 bridgehead atoms. The molecule has 5 heteroatoms. The predicted octanol–water partition coefficient (Wildman–Crippen LogP) is 3.52. The lowest BCUT2D eigenvalue weighted by atomic mass is 9.95. The third-order valence-electron chi connectivity index (χ3n) is 3.45. The number of carbonyl (C=O) groups excluding carboxylic acids is 2. The zero-order valence-electron chi connectivity index (χ0n) is 13.0. The highest BCUT2D eigenvalue weighted by atomic mass is 79.9. The number of likely N-dealkylation sites (N-methyl/N-ethyl adjacent to an activating group) is 1. The Bertz CT molecular complexity index is 670. The van der Waals surface area contributed by atoms with E-state index in [1.54, 1.807) is 19.2 Å². The number of hydrogen-bond donors (Lipinski definition) is 1. The van der Waals surface area contributed by atoms with Crippen molar-refractivity contribution in [3.8, 4) is 0 Å². The first-order chi connectivity index (χ1) is 11.0. The van der Waals surface area contributed by atoms with Crippen molar-refractivity contribution < 1.29 is 14.3 Å². The molecule has 1 N–H and O–H groups in total. The van der Waals surface area contributed by atoms with Crippen molar-refractivity contribution in [3.63, 3.8) is 0 Å². The van der Waals surface area contributed by atoms with Gasteiger partial charge >= 0.3 is 5.97 Å². The van der Waals surface area contributed by atoms with E-state index in [1.807, 2.05) is 42.5 Å². The van der Waals surface area contributed by atoms with E-state index >= 15 is 0 Å². The van der Waals surface area contributed by atoms with Crippen LogP contribution in [0.4, 0.5) is 0 Å². The first-order valence-electron chi connectivity index (χ1n) is 7.22. The van der Waals surface area contributed by atoms with E-state index in [1.165, 1.54) is 6.92 Å². The van der Waals surface area contributed by atoms with E-state index in [2.05, 4.69) is 21.2 Å². The molecule has 0 aliphatic heterocycles. The van der Waals surface area contributed by atoms with Gasteiger partial charge in [0.2, 0.25) is 0 Å². The molecule has 0 unspecified atom stereocenters. The van der Waals surface area contributed by atoms with Crippen LogP contribution in [-0.2, 0) is 9.53 Å². The Labute approximate surface area is 144 Å². The van der Waals surface area contributed by atoms with E-state index in [0.29, 0.717) is 5.56 Å². The molecule has 0 aromatic heterocycles. The van der Waals surface area contributed by atoms with E-state index in [4.69, 9.17) is 4.74 Å². The van der Waals surface area contributed by atoms with Crippen LogP contribution in [0, 0.1) is 0 Å². The van der Waals surface area contributed by atoms with Gasteiger partial charge in [0.1, 0.15) is 12.1 Å². The predicted molar refractivity (Wildman–Crippen MR) is 92.3 cm³/mol. The summed E-state index contributed by atoms with van der Waals surface area (Å²) in [6, 6.07) is 15.7. The number of rotatable bonds is 6. The second kappa shape index (κ2) is 8.04. The number of ketones is 1. The summed E-state index contributed by atoms with van der Waals surface area (Å²) < 4.78 is 6.32. The highest BCUT2D eigenvalue weighted by molar-refractivity contribution is 9.10. The number of ether oxygens (including phenoxy) is 1. The van der Waals surface area contributed by atoms with Gasteiger partial charge in [0, 0.05) is 17.0 Å². The van der Waals surface area contributed by atoms with Crippen LogP contribution >= 0.6 is 15.9 Å². The molecular weight excluding hydrogens is 358 g/mol. The topological polar surface area (TPSA) is 55.4 Å². The molecule has 2 aromatic rings. The van der Waals surface area contributed by atoms with Crippen molar-refractivity contribution in [2.24, 2.45) is 0 Å². The van der Waals surface area contributed by atoms with Crippen LogP contribution in [0.25, 0.3) is 0 Å². The third kappa shape index (κ3) is 4.50. The van der Waals surface area contributed by atoms with Gasteiger partial charge in [0.25, 0.3) is 0 Å². The molecule has 120 valence electrons. The summed E-state index contributed by atoms with van der Waals surface area (Å²) in [4.78, 5) is 24.3. The molecule has 0 spiro atoms. The Morgan fingerprint density at radius 2 is 1.65 bits per heavy atom. The number of Topliss-reactive ketones (excluding diaryl/α,β-unsaturated/α-hetero) is 1. The molecule has 0 amide bonds. The van der Waals surface area contributed by atoms with Crippen molar-refractivity contribution in [2.75, 3.05) is 7.05 Å². The second-order valence-electron chi connectivity index (χ2n) is 5.08. The third-order valence-corrected chi connectivity index (χ3v) is 3.97. The van der Waals surface area contributed by atoms with Gasteiger partial charge in [-0.1, -0.05) is 58.4 Å². The summed E-state index contributed by atoms with van der Waals surface area (Å²) in [5.41, 5.74) is 1.33. The number of benzene rings is 2. The number of nitrogens with one attached hydrogen (secondary N) is 1. The standard InChI is InChI=1S/C18H18BrNO3/c1-12(21)23-18(14-6-4-3-5-7-14)16(20-2)17(22)13-8-10-15(19)11-9-13/h3-11,16,18,20H,1-2H3/t16-,18+/m0/s1. The Hall–Kier alpha value is -1.98. The van der Waals surface area contributed by atoms with Gasteiger partial charge < -0.3 is 10.1 Å². The molecule has 2 rings (SSSR count). The van der Waals surface area contributed by atoms with E-state index in [0.717, 1.165) is 10.0 Å². The maximum Gasteiger partial charge on any atom is 0.303 e. The molecule has 0 saturated heterocycles. The van der Waals surface area contributed by atoms with E-state index in [-0.39, 0.29) is 5.78 Å². The minimum absolute atomic E-state index is 0.130. The Morgan fingerprint density at radius 3 is 2.17 bits per heavy atom. The van der Waals surface area contributed by atoms with Gasteiger partial charge in [-0.2, -0.15) is 0 Å². The molecule has 2 atom stereocenters. The van der Waals surface area contributed by atoms with Crippen LogP contribution < -0.4 is 5.32 Å². The molecular formula is C18H18BrNO3. The number of hydrogen-bond acceptors (Lipinski definition) is 4. The van der Waals surface area contributed by atoms with Crippen molar-refractivity contribution in [1.29, 1.82) is 0 Å². The largest absolute Gasteiger partial charge is 0.455 e. The lowest BCUT2D eigenvalue weighted by Gasteiger charge is -2.26. The summed E-state index contributed by atoms with van der Waals surface area (Å²) in [7, 11) is 1.68. The Kier molecular flexibility index (Phi) is 6.07. The monoisotopic (exact) mass is 375 g/mol. The number of esters is 1. The van der Waals surface area contributed by atoms with Gasteiger partial charge in [0.15, 0.2) is 5.78 Å². The first-order valence-corrected chi connectivity index (χ1v) is 8.01. The Balaban J connectivity index is 2.35. The van der Waals surface area contributed by atoms with E-state index < -0.39 is 18.1 Å². The molecule has 0 aliphatic carbocycles. The average Bonchev–Trinajstić information content (AvgIpc) is 2.55. The molecule has 0 saturated carbocycles. The van der Waals surface area contributed by atoms with Crippen LogP contribution in [0.2, 0.25) is 0 Å². The zero-order chi connectivity index (χ0) is 16.8. The molecule has 0 heterocycles. The summed E-state index contributed by atoms with van der Waals surface area (Å²) in [5, 5.41) is 2.98. The number of halogens is 1. The summed E-state index contributed by atoms with van der Waals surface area (Å²) in [6.45, 7) is 1.34.